The predicted molar refractivity (Wildman–Crippen MR) is 77.5 cm³/mol. The summed E-state index contributed by atoms with van der Waals surface area (Å²) in [5.74, 6) is -0.0956. The lowest BCUT2D eigenvalue weighted by atomic mass is 10.1. The smallest absolute Gasteiger partial charge is 0.345 e. The van der Waals surface area contributed by atoms with Gasteiger partial charge in [0.1, 0.15) is 5.75 Å². The molecule has 0 aromatic heterocycles. The zero-order valence-corrected chi connectivity index (χ0v) is 11.7. The predicted octanol–water partition coefficient (Wildman–Crippen LogP) is 4.15. The van der Waals surface area contributed by atoms with Crippen LogP contribution in [0.15, 0.2) is 48.5 Å². The Bertz CT molecular complexity index is 632. The third-order valence-corrected chi connectivity index (χ3v) is 3.13. The molecule has 0 heterocycles. The molecule has 2 rings (SSSR count). The van der Waals surface area contributed by atoms with E-state index in [0.29, 0.717) is 28.3 Å². The van der Waals surface area contributed by atoms with Gasteiger partial charge in [-0.2, -0.15) is 0 Å². The van der Waals surface area contributed by atoms with Crippen LogP contribution < -0.4 is 4.74 Å². The van der Waals surface area contributed by atoms with Gasteiger partial charge in [-0.1, -0.05) is 30.7 Å². The average Bonchev–Trinajstić information content (AvgIpc) is 2.47. The van der Waals surface area contributed by atoms with E-state index in [-0.39, 0.29) is 5.78 Å². The Kier molecular flexibility index (Phi) is 4.53. The summed E-state index contributed by atoms with van der Waals surface area (Å²) in [4.78, 5) is 23.4. The quantitative estimate of drug-likeness (QED) is 0.482. The second-order valence-electron chi connectivity index (χ2n) is 4.17. The lowest BCUT2D eigenvalue weighted by Crippen LogP contribution is -2.09. The minimum absolute atomic E-state index is 0.0500. The highest BCUT2D eigenvalue weighted by molar-refractivity contribution is 6.33. The van der Waals surface area contributed by atoms with Crippen LogP contribution in [-0.4, -0.2) is 11.8 Å². The van der Waals surface area contributed by atoms with E-state index in [4.69, 9.17) is 16.3 Å². The molecule has 0 atom stereocenters. The molecule has 2 aromatic carbocycles. The van der Waals surface area contributed by atoms with E-state index in [1.54, 1.807) is 55.5 Å². The first-order valence-electron chi connectivity index (χ1n) is 6.21. The Morgan fingerprint density at radius 1 is 1.05 bits per heavy atom. The summed E-state index contributed by atoms with van der Waals surface area (Å²) < 4.78 is 5.21. The van der Waals surface area contributed by atoms with Gasteiger partial charge in [0.25, 0.3) is 0 Å². The molecule has 0 amide bonds. The highest BCUT2D eigenvalue weighted by Gasteiger charge is 2.12. The number of ether oxygens (including phenoxy) is 1. The maximum atomic E-state index is 11.9. The van der Waals surface area contributed by atoms with Crippen LogP contribution >= 0.6 is 11.6 Å². The Morgan fingerprint density at radius 2 is 1.70 bits per heavy atom. The van der Waals surface area contributed by atoms with Gasteiger partial charge in [-0.05, 0) is 36.4 Å². The molecule has 2 aromatic rings. The summed E-state index contributed by atoms with van der Waals surface area (Å²) in [6, 6.07) is 13.1. The SMILES string of the molecule is CCC(=O)c1ccc(OC(=O)c2ccccc2Cl)cc1. The van der Waals surface area contributed by atoms with E-state index in [1.807, 2.05) is 0 Å². The minimum Gasteiger partial charge on any atom is -0.423 e. The number of Topliss-reactive ketones (excluding diaryl/α,β-unsaturated/α-hetero) is 1. The first kappa shape index (κ1) is 14.3. The van der Waals surface area contributed by atoms with Crippen LogP contribution in [0.1, 0.15) is 34.1 Å². The Hall–Kier alpha value is -2.13. The number of carbonyl (C=O) groups excluding carboxylic acids is 2. The first-order chi connectivity index (χ1) is 9.61. The second-order valence-corrected chi connectivity index (χ2v) is 4.58. The number of carbonyl (C=O) groups is 2. The highest BCUT2D eigenvalue weighted by atomic mass is 35.5. The standard InChI is InChI=1S/C16H13ClO3/c1-2-15(18)11-7-9-12(10-8-11)20-16(19)13-5-3-4-6-14(13)17/h3-10H,2H2,1H3. The van der Waals surface area contributed by atoms with Crippen molar-refractivity contribution in [2.24, 2.45) is 0 Å². The maximum Gasteiger partial charge on any atom is 0.345 e. The van der Waals surface area contributed by atoms with Gasteiger partial charge >= 0.3 is 5.97 Å². The lowest BCUT2D eigenvalue weighted by Gasteiger charge is -2.06. The maximum absolute atomic E-state index is 11.9. The summed E-state index contributed by atoms with van der Waals surface area (Å²) in [6.45, 7) is 1.80. The molecule has 102 valence electrons. The zero-order valence-electron chi connectivity index (χ0n) is 10.9. The van der Waals surface area contributed by atoms with Gasteiger partial charge < -0.3 is 4.74 Å². The molecule has 0 aliphatic heterocycles. The Balaban J connectivity index is 2.13. The zero-order chi connectivity index (χ0) is 14.5. The van der Waals surface area contributed by atoms with E-state index in [1.165, 1.54) is 0 Å². The highest BCUT2D eigenvalue weighted by Crippen LogP contribution is 2.19. The van der Waals surface area contributed by atoms with Crippen molar-refractivity contribution in [3.05, 3.63) is 64.7 Å². The molecule has 4 heteroatoms. The van der Waals surface area contributed by atoms with Gasteiger partial charge in [-0.15, -0.1) is 0 Å². The van der Waals surface area contributed by atoms with Crippen molar-refractivity contribution in [1.29, 1.82) is 0 Å². The van der Waals surface area contributed by atoms with Crippen molar-refractivity contribution in [2.45, 2.75) is 13.3 Å². The molecular weight excluding hydrogens is 276 g/mol. The van der Waals surface area contributed by atoms with Crippen LogP contribution in [0.25, 0.3) is 0 Å². The van der Waals surface area contributed by atoms with Crippen molar-refractivity contribution >= 4 is 23.4 Å². The minimum atomic E-state index is -0.523. The molecule has 0 radical (unpaired) electrons. The van der Waals surface area contributed by atoms with Gasteiger partial charge in [-0.25, -0.2) is 4.79 Å². The number of hydrogen-bond donors (Lipinski definition) is 0. The van der Waals surface area contributed by atoms with E-state index in [2.05, 4.69) is 0 Å². The summed E-state index contributed by atoms with van der Waals surface area (Å²) in [6.07, 6.45) is 0.443. The number of benzene rings is 2. The molecule has 0 fully saturated rings. The monoisotopic (exact) mass is 288 g/mol. The van der Waals surface area contributed by atoms with Crippen LogP contribution in [0, 0.1) is 0 Å². The molecule has 0 aliphatic carbocycles. The summed E-state index contributed by atoms with van der Waals surface area (Å²) in [5.41, 5.74) is 0.910. The number of hydrogen-bond acceptors (Lipinski definition) is 3. The van der Waals surface area contributed by atoms with E-state index >= 15 is 0 Å². The molecule has 20 heavy (non-hydrogen) atoms. The molecule has 0 bridgehead atoms. The third kappa shape index (κ3) is 3.25. The van der Waals surface area contributed by atoms with Crippen LogP contribution in [0.4, 0.5) is 0 Å². The van der Waals surface area contributed by atoms with Crippen LogP contribution in [0.3, 0.4) is 0 Å². The van der Waals surface area contributed by atoms with E-state index < -0.39 is 5.97 Å². The van der Waals surface area contributed by atoms with Gasteiger partial charge in [-0.3, -0.25) is 4.79 Å². The van der Waals surface area contributed by atoms with Gasteiger partial charge in [0.15, 0.2) is 5.78 Å². The van der Waals surface area contributed by atoms with Crippen LogP contribution in [0.5, 0.6) is 5.75 Å². The molecule has 0 saturated carbocycles. The number of ketones is 1. The topological polar surface area (TPSA) is 43.4 Å². The van der Waals surface area contributed by atoms with Gasteiger partial charge in [0.05, 0.1) is 10.6 Å². The molecule has 0 aliphatic rings. The number of esters is 1. The average molecular weight is 289 g/mol. The van der Waals surface area contributed by atoms with Crippen LogP contribution in [-0.2, 0) is 0 Å². The Labute approximate surface area is 122 Å². The van der Waals surface area contributed by atoms with Crippen molar-refractivity contribution < 1.29 is 14.3 Å². The van der Waals surface area contributed by atoms with Crippen molar-refractivity contribution in [3.8, 4) is 5.75 Å². The first-order valence-corrected chi connectivity index (χ1v) is 6.59. The molecule has 0 unspecified atom stereocenters. The molecule has 3 nitrogen and oxygen atoms in total. The van der Waals surface area contributed by atoms with Crippen molar-refractivity contribution in [3.63, 3.8) is 0 Å². The molecule has 0 saturated heterocycles. The van der Waals surface area contributed by atoms with Crippen molar-refractivity contribution in [2.75, 3.05) is 0 Å². The summed E-state index contributed by atoms with van der Waals surface area (Å²) in [5, 5.41) is 0.343. The van der Waals surface area contributed by atoms with E-state index in [9.17, 15) is 9.59 Å². The largest absolute Gasteiger partial charge is 0.423 e. The fraction of sp³-hybridized carbons (Fsp3) is 0.125. The molecule has 0 spiro atoms. The summed E-state index contributed by atoms with van der Waals surface area (Å²) in [7, 11) is 0. The number of halogens is 1. The fourth-order valence-electron chi connectivity index (χ4n) is 1.70. The third-order valence-electron chi connectivity index (χ3n) is 2.80. The number of rotatable bonds is 4. The lowest BCUT2D eigenvalue weighted by molar-refractivity contribution is 0.0735. The summed E-state index contributed by atoms with van der Waals surface area (Å²) >= 11 is 5.93. The van der Waals surface area contributed by atoms with Gasteiger partial charge in [0, 0.05) is 12.0 Å². The normalized spacial score (nSPS) is 10.1. The van der Waals surface area contributed by atoms with Crippen molar-refractivity contribution in [1.82, 2.24) is 0 Å². The van der Waals surface area contributed by atoms with Gasteiger partial charge in [0.2, 0.25) is 0 Å². The Morgan fingerprint density at radius 3 is 2.30 bits per heavy atom. The second kappa shape index (κ2) is 6.35. The molecule has 0 N–H and O–H groups in total. The fourth-order valence-corrected chi connectivity index (χ4v) is 1.91. The van der Waals surface area contributed by atoms with Crippen LogP contribution in [0.2, 0.25) is 5.02 Å². The molecular formula is C16H13ClO3. The van der Waals surface area contributed by atoms with E-state index in [0.717, 1.165) is 0 Å².